The highest BCUT2D eigenvalue weighted by molar-refractivity contribution is 7.98. The Hall–Kier alpha value is -2.21. The Morgan fingerprint density at radius 3 is 2.65 bits per heavy atom. The first-order valence-corrected chi connectivity index (χ1v) is 10.1. The Labute approximate surface area is 159 Å². The van der Waals surface area contributed by atoms with Crippen molar-refractivity contribution in [2.45, 2.75) is 19.4 Å². The lowest BCUT2D eigenvalue weighted by Gasteiger charge is -2.23. The monoisotopic (exact) mass is 374 g/mol. The molecule has 1 unspecified atom stereocenters. The first-order valence-electron chi connectivity index (χ1n) is 8.70. The van der Waals surface area contributed by atoms with Crippen LogP contribution in [0.1, 0.15) is 13.3 Å². The third-order valence-corrected chi connectivity index (χ3v) is 4.72. The van der Waals surface area contributed by atoms with E-state index >= 15 is 0 Å². The fourth-order valence-corrected chi connectivity index (χ4v) is 3.28. The SMILES string of the molecule is CCOC(=O)C(CCSC)NC(=O)CN(C)c1cccc2ccccc12. The summed E-state index contributed by atoms with van der Waals surface area (Å²) in [5.41, 5.74) is 0.982. The van der Waals surface area contributed by atoms with Crippen LogP contribution in [0.2, 0.25) is 0 Å². The average Bonchev–Trinajstić information content (AvgIpc) is 2.64. The zero-order valence-corrected chi connectivity index (χ0v) is 16.3. The third-order valence-electron chi connectivity index (χ3n) is 4.08. The number of carbonyl (C=O) groups is 2. The lowest BCUT2D eigenvalue weighted by molar-refractivity contribution is -0.147. The number of amides is 1. The molecule has 0 bridgehead atoms. The number of fused-ring (bicyclic) bond motifs is 1. The summed E-state index contributed by atoms with van der Waals surface area (Å²) in [6.45, 7) is 2.24. The molecule has 0 aliphatic carbocycles. The van der Waals surface area contributed by atoms with E-state index in [0.29, 0.717) is 13.0 Å². The molecular weight excluding hydrogens is 348 g/mol. The van der Waals surface area contributed by atoms with E-state index in [1.807, 2.05) is 60.7 Å². The van der Waals surface area contributed by atoms with Crippen molar-refractivity contribution in [3.63, 3.8) is 0 Å². The summed E-state index contributed by atoms with van der Waals surface area (Å²) in [5.74, 6) is 0.213. The molecule has 2 rings (SSSR count). The Kier molecular flexibility index (Phi) is 7.78. The van der Waals surface area contributed by atoms with Gasteiger partial charge in [0.2, 0.25) is 5.91 Å². The minimum atomic E-state index is -0.601. The van der Waals surface area contributed by atoms with Crippen LogP contribution in [-0.4, -0.2) is 50.1 Å². The smallest absolute Gasteiger partial charge is 0.328 e. The number of anilines is 1. The maximum absolute atomic E-state index is 12.5. The van der Waals surface area contributed by atoms with Crippen molar-refractivity contribution in [3.8, 4) is 0 Å². The topological polar surface area (TPSA) is 58.6 Å². The van der Waals surface area contributed by atoms with Crippen molar-refractivity contribution in [2.75, 3.05) is 37.1 Å². The van der Waals surface area contributed by atoms with Gasteiger partial charge in [0.05, 0.1) is 13.2 Å². The molecule has 0 aliphatic rings. The first kappa shape index (κ1) is 20.1. The van der Waals surface area contributed by atoms with Crippen LogP contribution in [0.25, 0.3) is 10.8 Å². The molecule has 0 heterocycles. The summed E-state index contributed by atoms with van der Waals surface area (Å²) in [5, 5.41) is 5.04. The molecule has 140 valence electrons. The minimum Gasteiger partial charge on any atom is -0.464 e. The lowest BCUT2D eigenvalue weighted by Crippen LogP contribution is -2.46. The molecule has 0 saturated carbocycles. The van der Waals surface area contributed by atoms with Crippen LogP contribution in [0, 0.1) is 0 Å². The number of nitrogens with one attached hydrogen (secondary N) is 1. The maximum atomic E-state index is 12.5. The largest absolute Gasteiger partial charge is 0.464 e. The molecular formula is C20H26N2O3S. The van der Waals surface area contributed by atoms with Gasteiger partial charge in [-0.05, 0) is 36.8 Å². The number of thioether (sulfide) groups is 1. The zero-order chi connectivity index (χ0) is 18.9. The molecule has 0 saturated heterocycles. The number of hydrogen-bond acceptors (Lipinski definition) is 5. The van der Waals surface area contributed by atoms with Crippen LogP contribution >= 0.6 is 11.8 Å². The Balaban J connectivity index is 2.05. The van der Waals surface area contributed by atoms with Crippen LogP contribution < -0.4 is 10.2 Å². The summed E-state index contributed by atoms with van der Waals surface area (Å²) in [6.07, 6.45) is 2.53. The van der Waals surface area contributed by atoms with Crippen LogP contribution in [-0.2, 0) is 14.3 Å². The van der Waals surface area contributed by atoms with Gasteiger partial charge < -0.3 is 15.0 Å². The van der Waals surface area contributed by atoms with Gasteiger partial charge in [-0.2, -0.15) is 11.8 Å². The molecule has 2 aromatic carbocycles. The van der Waals surface area contributed by atoms with Crippen LogP contribution in [0.5, 0.6) is 0 Å². The number of hydrogen-bond donors (Lipinski definition) is 1. The zero-order valence-electron chi connectivity index (χ0n) is 15.5. The number of rotatable bonds is 9. The summed E-state index contributed by atoms with van der Waals surface area (Å²) < 4.78 is 5.07. The van der Waals surface area contributed by atoms with E-state index in [1.54, 1.807) is 18.7 Å². The molecule has 2 aromatic rings. The first-order chi connectivity index (χ1) is 12.6. The second kappa shape index (κ2) is 10.1. The normalized spacial score (nSPS) is 11.8. The molecule has 0 radical (unpaired) electrons. The van der Waals surface area contributed by atoms with E-state index < -0.39 is 6.04 Å². The molecule has 0 spiro atoms. The third kappa shape index (κ3) is 5.39. The van der Waals surface area contributed by atoms with Gasteiger partial charge in [-0.3, -0.25) is 4.79 Å². The minimum absolute atomic E-state index is 0.170. The molecule has 26 heavy (non-hydrogen) atoms. The fraction of sp³-hybridized carbons (Fsp3) is 0.400. The second-order valence-electron chi connectivity index (χ2n) is 6.01. The van der Waals surface area contributed by atoms with Crippen LogP contribution in [0.4, 0.5) is 5.69 Å². The van der Waals surface area contributed by atoms with Crippen molar-refractivity contribution in [3.05, 3.63) is 42.5 Å². The highest BCUT2D eigenvalue weighted by Crippen LogP contribution is 2.25. The van der Waals surface area contributed by atoms with Gasteiger partial charge in [0.1, 0.15) is 6.04 Å². The molecule has 0 aromatic heterocycles. The number of benzene rings is 2. The predicted octanol–water partition coefficient (Wildman–Crippen LogP) is 3.08. The van der Waals surface area contributed by atoms with Gasteiger partial charge >= 0.3 is 5.97 Å². The van der Waals surface area contributed by atoms with E-state index in [1.165, 1.54) is 0 Å². The summed E-state index contributed by atoms with van der Waals surface area (Å²) in [7, 11) is 1.88. The summed E-state index contributed by atoms with van der Waals surface area (Å²) in [6, 6.07) is 13.5. The number of esters is 1. The maximum Gasteiger partial charge on any atom is 0.328 e. The standard InChI is InChI=1S/C20H26N2O3S/c1-4-25-20(24)17(12-13-26-3)21-19(23)14-22(2)18-11-7-9-15-8-5-6-10-16(15)18/h5-11,17H,4,12-14H2,1-3H3,(H,21,23). The highest BCUT2D eigenvalue weighted by atomic mass is 32.2. The molecule has 1 amide bonds. The van der Waals surface area contributed by atoms with E-state index in [0.717, 1.165) is 22.2 Å². The van der Waals surface area contributed by atoms with Crippen molar-refractivity contribution in [1.82, 2.24) is 5.32 Å². The molecule has 1 N–H and O–H groups in total. The van der Waals surface area contributed by atoms with E-state index in [2.05, 4.69) is 5.32 Å². The van der Waals surface area contributed by atoms with E-state index in [9.17, 15) is 9.59 Å². The van der Waals surface area contributed by atoms with Gasteiger partial charge in [-0.15, -0.1) is 0 Å². The summed E-state index contributed by atoms with van der Waals surface area (Å²) in [4.78, 5) is 26.4. The highest BCUT2D eigenvalue weighted by Gasteiger charge is 2.22. The quantitative estimate of drug-likeness (QED) is 0.684. The van der Waals surface area contributed by atoms with E-state index in [4.69, 9.17) is 4.74 Å². The van der Waals surface area contributed by atoms with Crippen LogP contribution in [0.15, 0.2) is 42.5 Å². The summed E-state index contributed by atoms with van der Waals surface area (Å²) >= 11 is 1.64. The second-order valence-corrected chi connectivity index (χ2v) is 6.99. The number of ether oxygens (including phenoxy) is 1. The number of nitrogens with zero attached hydrogens (tertiary/aromatic N) is 1. The Morgan fingerprint density at radius 1 is 1.19 bits per heavy atom. The van der Waals surface area contributed by atoms with Crippen molar-refractivity contribution < 1.29 is 14.3 Å². The lowest BCUT2D eigenvalue weighted by atomic mass is 10.1. The van der Waals surface area contributed by atoms with Crippen molar-refractivity contribution in [1.29, 1.82) is 0 Å². The molecule has 0 aliphatic heterocycles. The van der Waals surface area contributed by atoms with Crippen LogP contribution in [0.3, 0.4) is 0 Å². The Morgan fingerprint density at radius 2 is 1.92 bits per heavy atom. The van der Waals surface area contributed by atoms with Crippen molar-refractivity contribution in [2.24, 2.45) is 0 Å². The van der Waals surface area contributed by atoms with Gasteiger partial charge in [0.25, 0.3) is 0 Å². The van der Waals surface area contributed by atoms with Gasteiger partial charge in [-0.1, -0.05) is 36.4 Å². The molecule has 0 fully saturated rings. The van der Waals surface area contributed by atoms with E-state index in [-0.39, 0.29) is 18.4 Å². The Bertz CT molecular complexity index is 745. The molecule has 1 atom stereocenters. The predicted molar refractivity (Wildman–Crippen MR) is 109 cm³/mol. The number of likely N-dealkylation sites (N-methyl/N-ethyl adjacent to an activating group) is 1. The molecule has 5 nitrogen and oxygen atoms in total. The average molecular weight is 375 g/mol. The fourth-order valence-electron chi connectivity index (χ4n) is 2.81. The number of carbonyl (C=O) groups excluding carboxylic acids is 2. The van der Waals surface area contributed by atoms with Gasteiger partial charge in [0, 0.05) is 18.1 Å². The van der Waals surface area contributed by atoms with Crippen molar-refractivity contribution >= 4 is 40.1 Å². The molecule has 6 heteroatoms. The van der Waals surface area contributed by atoms with Gasteiger partial charge in [-0.25, -0.2) is 4.79 Å². The van der Waals surface area contributed by atoms with Gasteiger partial charge in [0.15, 0.2) is 0 Å².